The number of carbonyl (C=O) groups excluding carboxylic acids is 1. The molecule has 4 N–H and O–H groups in total. The Labute approximate surface area is 188 Å². The van der Waals surface area contributed by atoms with Crippen LogP contribution in [-0.4, -0.2) is 56.7 Å². The number of ether oxygens (including phenoxy) is 4. The number of hydrogen-bond donors (Lipinski definition) is 3. The molecule has 8 heteroatoms. The molecule has 8 nitrogen and oxygen atoms in total. The van der Waals surface area contributed by atoms with E-state index in [1.165, 1.54) is 23.8 Å². The molecule has 1 amide bonds. The topological polar surface area (TPSA) is 112 Å². The van der Waals surface area contributed by atoms with Crippen molar-refractivity contribution >= 4 is 16.9 Å². The summed E-state index contributed by atoms with van der Waals surface area (Å²) in [5.41, 5.74) is 6.34. The van der Waals surface area contributed by atoms with Crippen LogP contribution in [0.15, 0.2) is 36.4 Å². The minimum absolute atomic E-state index is 0.170. The van der Waals surface area contributed by atoms with E-state index in [1.54, 1.807) is 0 Å². The Morgan fingerprint density at radius 3 is 2.78 bits per heavy atom. The third-order valence-corrected chi connectivity index (χ3v) is 5.75. The maximum atomic E-state index is 11.4. The van der Waals surface area contributed by atoms with Crippen molar-refractivity contribution in [2.24, 2.45) is 11.7 Å². The molecule has 2 fully saturated rings. The molecule has 32 heavy (non-hydrogen) atoms. The number of carbonyl (C=O) groups is 1. The second kappa shape index (κ2) is 11.0. The van der Waals surface area contributed by atoms with Crippen molar-refractivity contribution in [3.63, 3.8) is 0 Å². The molecule has 1 aliphatic carbocycles. The molecule has 2 aliphatic rings. The quantitative estimate of drug-likeness (QED) is 0.382. The summed E-state index contributed by atoms with van der Waals surface area (Å²) in [6, 6.07) is 12.6. The van der Waals surface area contributed by atoms with Gasteiger partial charge >= 0.3 is 6.09 Å². The first-order valence-electron chi connectivity index (χ1n) is 11.3. The maximum absolute atomic E-state index is 11.4. The van der Waals surface area contributed by atoms with Crippen molar-refractivity contribution in [1.82, 2.24) is 5.32 Å². The summed E-state index contributed by atoms with van der Waals surface area (Å²) in [6.07, 6.45) is 1.87. The summed E-state index contributed by atoms with van der Waals surface area (Å²) < 4.78 is 22.5. The zero-order chi connectivity index (χ0) is 22.3. The van der Waals surface area contributed by atoms with E-state index in [9.17, 15) is 4.79 Å². The molecule has 2 aromatic rings. The van der Waals surface area contributed by atoms with Gasteiger partial charge in [-0.05, 0) is 53.6 Å². The molecular formula is C24H32N2O6. The summed E-state index contributed by atoms with van der Waals surface area (Å²) in [5, 5.41) is 13.9. The Bertz CT molecular complexity index is 893. The molecule has 0 radical (unpaired) electrons. The number of benzene rings is 2. The molecule has 1 heterocycles. The van der Waals surface area contributed by atoms with Crippen molar-refractivity contribution in [2.45, 2.75) is 44.1 Å². The van der Waals surface area contributed by atoms with Gasteiger partial charge in [0, 0.05) is 18.9 Å². The van der Waals surface area contributed by atoms with E-state index in [2.05, 4.69) is 35.6 Å². The van der Waals surface area contributed by atoms with Gasteiger partial charge in [0.1, 0.15) is 18.6 Å². The molecule has 0 aromatic heterocycles. The third-order valence-electron chi connectivity index (χ3n) is 5.75. The average molecular weight is 445 g/mol. The summed E-state index contributed by atoms with van der Waals surface area (Å²) in [7, 11) is 0. The lowest BCUT2D eigenvalue weighted by Crippen LogP contribution is -2.33. The van der Waals surface area contributed by atoms with Gasteiger partial charge in [0.15, 0.2) is 6.29 Å². The largest absolute Gasteiger partial charge is 0.493 e. The molecule has 1 atom stereocenters. The highest BCUT2D eigenvalue weighted by molar-refractivity contribution is 5.87. The minimum atomic E-state index is -1.16. The molecule has 2 aromatic carbocycles. The lowest BCUT2D eigenvalue weighted by molar-refractivity contribution is -0.189. The molecule has 1 aliphatic heterocycles. The van der Waals surface area contributed by atoms with Crippen LogP contribution in [-0.2, 0) is 14.2 Å². The van der Waals surface area contributed by atoms with Crippen LogP contribution in [0.3, 0.4) is 0 Å². The molecule has 0 bridgehead atoms. The van der Waals surface area contributed by atoms with E-state index in [1.807, 2.05) is 6.07 Å². The molecule has 1 saturated heterocycles. The van der Waals surface area contributed by atoms with Gasteiger partial charge in [-0.2, -0.15) is 0 Å². The van der Waals surface area contributed by atoms with Crippen LogP contribution in [0, 0.1) is 5.92 Å². The first-order valence-corrected chi connectivity index (χ1v) is 11.3. The Morgan fingerprint density at radius 1 is 1.22 bits per heavy atom. The molecule has 174 valence electrons. The molecule has 1 unspecified atom stereocenters. The van der Waals surface area contributed by atoms with Gasteiger partial charge in [-0.15, -0.1) is 0 Å². The van der Waals surface area contributed by atoms with Gasteiger partial charge in [0.25, 0.3) is 0 Å². The van der Waals surface area contributed by atoms with Crippen LogP contribution in [0.1, 0.15) is 37.2 Å². The summed E-state index contributed by atoms with van der Waals surface area (Å²) in [6.45, 7) is 2.19. The number of aliphatic hydroxyl groups excluding tert-OH is 1. The van der Waals surface area contributed by atoms with E-state index >= 15 is 0 Å². The lowest BCUT2D eigenvalue weighted by atomic mass is 9.94. The van der Waals surface area contributed by atoms with Crippen LogP contribution in [0.5, 0.6) is 5.75 Å². The van der Waals surface area contributed by atoms with E-state index in [0.29, 0.717) is 32.6 Å². The van der Waals surface area contributed by atoms with Gasteiger partial charge in [-0.3, -0.25) is 0 Å². The van der Waals surface area contributed by atoms with Gasteiger partial charge in [-0.25, -0.2) is 4.79 Å². The van der Waals surface area contributed by atoms with E-state index < -0.39 is 12.3 Å². The monoisotopic (exact) mass is 444 g/mol. The number of fused-ring (bicyclic) bond motifs is 1. The van der Waals surface area contributed by atoms with Gasteiger partial charge in [-0.1, -0.05) is 24.3 Å². The highest BCUT2D eigenvalue weighted by Crippen LogP contribution is 2.33. The standard InChI is InChI=1S/C24H32N2O6/c25-22(27)15-32-24(28)26-10-2-5-23-30-13-18(14-31-23)20-4-1-3-17-11-19(8-9-21(17)20)29-12-16-6-7-16/h1,3-4,8-9,11,16,18,22-23,27H,2,5-7,10,12-15,25H2,(H,26,28). The van der Waals surface area contributed by atoms with Crippen molar-refractivity contribution in [3.8, 4) is 5.75 Å². The van der Waals surface area contributed by atoms with Gasteiger partial charge in [0.2, 0.25) is 0 Å². The number of rotatable bonds is 10. The van der Waals surface area contributed by atoms with Crippen molar-refractivity contribution in [2.75, 3.05) is 33.0 Å². The zero-order valence-corrected chi connectivity index (χ0v) is 18.2. The second-order valence-corrected chi connectivity index (χ2v) is 8.51. The zero-order valence-electron chi connectivity index (χ0n) is 18.2. The highest BCUT2D eigenvalue weighted by atomic mass is 16.7. The van der Waals surface area contributed by atoms with Gasteiger partial charge < -0.3 is 35.1 Å². The number of aliphatic hydroxyl groups is 1. The molecule has 1 saturated carbocycles. The Morgan fingerprint density at radius 2 is 2.03 bits per heavy atom. The van der Waals surface area contributed by atoms with E-state index in [4.69, 9.17) is 29.8 Å². The van der Waals surface area contributed by atoms with Crippen molar-refractivity contribution in [1.29, 1.82) is 0 Å². The van der Waals surface area contributed by atoms with Crippen LogP contribution < -0.4 is 15.8 Å². The van der Waals surface area contributed by atoms with Gasteiger partial charge in [0.05, 0.1) is 19.8 Å². The molecule has 0 spiro atoms. The highest BCUT2D eigenvalue weighted by Gasteiger charge is 2.25. The van der Waals surface area contributed by atoms with Crippen LogP contribution in [0.2, 0.25) is 0 Å². The maximum Gasteiger partial charge on any atom is 0.407 e. The predicted molar refractivity (Wildman–Crippen MR) is 119 cm³/mol. The van der Waals surface area contributed by atoms with Crippen LogP contribution in [0.25, 0.3) is 10.8 Å². The first-order chi connectivity index (χ1) is 15.6. The average Bonchev–Trinajstić information content (AvgIpc) is 3.63. The van der Waals surface area contributed by atoms with E-state index in [-0.39, 0.29) is 18.8 Å². The molecule has 4 rings (SSSR count). The lowest BCUT2D eigenvalue weighted by Gasteiger charge is -2.30. The Kier molecular flexibility index (Phi) is 7.81. The second-order valence-electron chi connectivity index (χ2n) is 8.51. The fourth-order valence-electron chi connectivity index (χ4n) is 3.79. The SMILES string of the molecule is NC(O)COC(=O)NCCCC1OCC(c2cccc3cc(OCC4CC4)ccc23)CO1. The number of alkyl carbamates (subject to hydrolysis) is 1. The number of hydrogen-bond acceptors (Lipinski definition) is 7. The fraction of sp³-hybridized carbons (Fsp3) is 0.542. The Balaban J connectivity index is 1.22. The fourth-order valence-corrected chi connectivity index (χ4v) is 3.79. The normalized spacial score (nSPS) is 21.8. The first kappa shape index (κ1) is 22.8. The van der Waals surface area contributed by atoms with Crippen LogP contribution >= 0.6 is 0 Å². The smallest absolute Gasteiger partial charge is 0.407 e. The van der Waals surface area contributed by atoms with E-state index in [0.717, 1.165) is 23.7 Å². The summed E-state index contributed by atoms with van der Waals surface area (Å²) >= 11 is 0. The number of nitrogens with one attached hydrogen (secondary N) is 1. The minimum Gasteiger partial charge on any atom is -0.493 e. The molecular weight excluding hydrogens is 412 g/mol. The summed E-state index contributed by atoms with van der Waals surface area (Å²) in [4.78, 5) is 11.4. The van der Waals surface area contributed by atoms with Crippen LogP contribution in [0.4, 0.5) is 4.79 Å². The number of nitrogens with two attached hydrogens (primary N) is 1. The number of amides is 1. The summed E-state index contributed by atoms with van der Waals surface area (Å²) in [5.74, 6) is 1.83. The van der Waals surface area contributed by atoms with Crippen molar-refractivity contribution < 1.29 is 28.8 Å². The third kappa shape index (κ3) is 6.56. The Hall–Kier alpha value is -2.39. The van der Waals surface area contributed by atoms with Crippen molar-refractivity contribution in [3.05, 3.63) is 42.0 Å². The predicted octanol–water partition coefficient (Wildman–Crippen LogP) is 2.87.